The predicted molar refractivity (Wildman–Crippen MR) is 96.0 cm³/mol. The third-order valence-corrected chi connectivity index (χ3v) is 4.65. The average molecular weight is 336 g/mol. The van der Waals surface area contributed by atoms with Gasteiger partial charge in [-0.2, -0.15) is 0 Å². The van der Waals surface area contributed by atoms with Crippen molar-refractivity contribution in [1.29, 1.82) is 0 Å². The molecule has 0 N–H and O–H groups in total. The third kappa shape index (κ3) is 4.32. The van der Waals surface area contributed by atoms with Crippen LogP contribution in [0.3, 0.4) is 0 Å². The highest BCUT2D eigenvalue weighted by atomic mass is 32.2. The fraction of sp³-hybridized carbons (Fsp3) is 0.375. The first-order valence-electron chi connectivity index (χ1n) is 7.05. The first kappa shape index (κ1) is 17.0. The number of rotatable bonds is 6. The molecule has 0 aliphatic carbocycles. The molecule has 0 spiro atoms. The number of ether oxygens (including phenoxy) is 1. The van der Waals surface area contributed by atoms with E-state index in [9.17, 15) is 4.79 Å². The van der Waals surface area contributed by atoms with E-state index >= 15 is 0 Å². The molecule has 1 aromatic rings. The minimum Gasteiger partial charge on any atom is -0.497 e. The van der Waals surface area contributed by atoms with Gasteiger partial charge in [0.2, 0.25) is 0 Å². The van der Waals surface area contributed by atoms with E-state index in [1.54, 1.807) is 12.0 Å². The zero-order chi connectivity index (χ0) is 16.1. The zero-order valence-electron chi connectivity index (χ0n) is 13.0. The minimum absolute atomic E-state index is 0.00424. The molecule has 0 radical (unpaired) electrons. The van der Waals surface area contributed by atoms with Crippen LogP contribution in [-0.2, 0) is 4.79 Å². The Balaban J connectivity index is 2.04. The number of carbonyl (C=O) groups is 1. The van der Waals surface area contributed by atoms with Crippen molar-refractivity contribution in [3.8, 4) is 5.75 Å². The molecule has 1 aromatic carbocycles. The van der Waals surface area contributed by atoms with Crippen molar-refractivity contribution in [2.24, 2.45) is 0 Å². The van der Waals surface area contributed by atoms with Gasteiger partial charge in [-0.1, -0.05) is 36.1 Å². The molecule has 0 aromatic heterocycles. The van der Waals surface area contributed by atoms with E-state index < -0.39 is 0 Å². The lowest BCUT2D eigenvalue weighted by Gasteiger charge is -2.16. The van der Waals surface area contributed by atoms with Crippen molar-refractivity contribution in [3.63, 3.8) is 0 Å². The second-order valence-corrected chi connectivity index (χ2v) is 6.94. The molecule has 22 heavy (non-hydrogen) atoms. The van der Waals surface area contributed by atoms with Gasteiger partial charge in [-0.3, -0.25) is 9.69 Å². The number of benzene rings is 1. The number of nitrogens with zero attached hydrogens (tertiary/aromatic N) is 2. The molecule has 6 heteroatoms. The quantitative estimate of drug-likeness (QED) is 0.589. The molecule has 0 bridgehead atoms. The number of hydrogen-bond acceptors (Lipinski definition) is 5. The molecule has 4 nitrogen and oxygen atoms in total. The lowest BCUT2D eigenvalue weighted by Crippen LogP contribution is -2.30. The molecular formula is C16H20N2O2S2. The summed E-state index contributed by atoms with van der Waals surface area (Å²) in [6.07, 6.45) is 2.79. The van der Waals surface area contributed by atoms with E-state index in [4.69, 9.17) is 17.0 Å². The Hall–Kier alpha value is -1.37. The molecule has 0 unspecified atom stereocenters. The smallest absolute Gasteiger partial charge is 0.266 e. The summed E-state index contributed by atoms with van der Waals surface area (Å²) in [4.78, 5) is 16.9. The molecule has 1 heterocycles. The number of hydrogen-bond donors (Lipinski definition) is 0. The fourth-order valence-corrected chi connectivity index (χ4v) is 3.40. The normalized spacial score (nSPS) is 16.9. The van der Waals surface area contributed by atoms with Crippen LogP contribution in [0.4, 0.5) is 0 Å². The van der Waals surface area contributed by atoms with Gasteiger partial charge >= 0.3 is 0 Å². The van der Waals surface area contributed by atoms with Crippen LogP contribution in [0.15, 0.2) is 29.2 Å². The monoisotopic (exact) mass is 336 g/mol. The standard InChI is InChI=1S/C16H20N2O2S2/c1-17(2)9-4-10-18-15(19)14(22-16(18)21)11-12-5-7-13(20-3)8-6-12/h5-8,11H,4,9-10H2,1-3H3/b14-11-. The highest BCUT2D eigenvalue weighted by Gasteiger charge is 2.31. The number of thiocarbonyl (C=S) groups is 1. The fourth-order valence-electron chi connectivity index (χ4n) is 2.09. The van der Waals surface area contributed by atoms with E-state index in [0.717, 1.165) is 24.3 Å². The third-order valence-electron chi connectivity index (χ3n) is 3.27. The van der Waals surface area contributed by atoms with Crippen molar-refractivity contribution in [1.82, 2.24) is 9.80 Å². The first-order valence-corrected chi connectivity index (χ1v) is 8.28. The van der Waals surface area contributed by atoms with Crippen LogP contribution < -0.4 is 4.74 Å². The summed E-state index contributed by atoms with van der Waals surface area (Å²) in [7, 11) is 5.68. The van der Waals surface area contributed by atoms with Crippen LogP contribution in [0.2, 0.25) is 0 Å². The van der Waals surface area contributed by atoms with Crippen molar-refractivity contribution in [3.05, 3.63) is 34.7 Å². The SMILES string of the molecule is COc1ccc(/C=C2\SC(=S)N(CCCN(C)C)C2=O)cc1. The van der Waals surface area contributed by atoms with E-state index in [2.05, 4.69) is 4.90 Å². The maximum Gasteiger partial charge on any atom is 0.266 e. The molecular weight excluding hydrogens is 316 g/mol. The Bertz CT molecular complexity index is 582. The van der Waals surface area contributed by atoms with Gasteiger partial charge in [0.05, 0.1) is 12.0 Å². The van der Waals surface area contributed by atoms with Gasteiger partial charge in [-0.25, -0.2) is 0 Å². The summed E-state index contributed by atoms with van der Waals surface area (Å²) in [6, 6.07) is 7.61. The highest BCUT2D eigenvalue weighted by Crippen LogP contribution is 2.32. The van der Waals surface area contributed by atoms with Gasteiger partial charge in [0.25, 0.3) is 5.91 Å². The molecule has 1 aliphatic rings. The minimum atomic E-state index is 0.00424. The Morgan fingerprint density at radius 1 is 1.32 bits per heavy atom. The van der Waals surface area contributed by atoms with Crippen molar-refractivity contribution in [2.75, 3.05) is 34.3 Å². The summed E-state index contributed by atoms with van der Waals surface area (Å²) in [5, 5.41) is 0. The Labute approximate surface area is 141 Å². The number of amides is 1. The van der Waals surface area contributed by atoms with Crippen molar-refractivity contribution in [2.45, 2.75) is 6.42 Å². The second-order valence-electron chi connectivity index (χ2n) is 5.26. The second kappa shape index (κ2) is 7.76. The number of thioether (sulfide) groups is 1. The largest absolute Gasteiger partial charge is 0.497 e. The summed E-state index contributed by atoms with van der Waals surface area (Å²) in [5.41, 5.74) is 0.967. The summed E-state index contributed by atoms with van der Waals surface area (Å²) >= 11 is 6.69. The zero-order valence-corrected chi connectivity index (χ0v) is 14.7. The maximum absolute atomic E-state index is 12.4. The molecule has 1 fully saturated rings. The molecule has 0 saturated carbocycles. The van der Waals surface area contributed by atoms with E-state index in [0.29, 0.717) is 15.8 Å². The van der Waals surface area contributed by atoms with E-state index in [-0.39, 0.29) is 5.91 Å². The van der Waals surface area contributed by atoms with Gasteiger partial charge in [0.1, 0.15) is 10.1 Å². The van der Waals surface area contributed by atoms with Crippen LogP contribution in [0.1, 0.15) is 12.0 Å². The van der Waals surface area contributed by atoms with Gasteiger partial charge in [-0.15, -0.1) is 0 Å². The average Bonchev–Trinajstić information content (AvgIpc) is 2.75. The van der Waals surface area contributed by atoms with Crippen LogP contribution in [-0.4, -0.2) is 54.3 Å². The highest BCUT2D eigenvalue weighted by molar-refractivity contribution is 8.26. The van der Waals surface area contributed by atoms with Gasteiger partial charge < -0.3 is 9.64 Å². The maximum atomic E-state index is 12.4. The van der Waals surface area contributed by atoms with E-state index in [1.807, 2.05) is 44.4 Å². The number of methoxy groups -OCH3 is 1. The van der Waals surface area contributed by atoms with Crippen molar-refractivity contribution < 1.29 is 9.53 Å². The lowest BCUT2D eigenvalue weighted by molar-refractivity contribution is -0.122. The molecule has 1 saturated heterocycles. The first-order chi connectivity index (χ1) is 10.5. The summed E-state index contributed by atoms with van der Waals surface area (Å²) in [6.45, 7) is 1.61. The van der Waals surface area contributed by atoms with Gasteiger partial charge in [0, 0.05) is 6.54 Å². The molecule has 0 atom stereocenters. The Morgan fingerprint density at radius 2 is 2.00 bits per heavy atom. The van der Waals surface area contributed by atoms with Crippen LogP contribution in [0, 0.1) is 0 Å². The van der Waals surface area contributed by atoms with E-state index in [1.165, 1.54) is 11.8 Å². The van der Waals surface area contributed by atoms with Crippen LogP contribution in [0.5, 0.6) is 5.75 Å². The van der Waals surface area contributed by atoms with Gasteiger partial charge in [0.15, 0.2) is 0 Å². The Morgan fingerprint density at radius 3 is 2.59 bits per heavy atom. The lowest BCUT2D eigenvalue weighted by atomic mass is 10.2. The molecule has 1 aliphatic heterocycles. The van der Waals surface area contributed by atoms with Crippen LogP contribution >= 0.6 is 24.0 Å². The summed E-state index contributed by atoms with van der Waals surface area (Å²) < 4.78 is 5.77. The molecule has 118 valence electrons. The number of carbonyl (C=O) groups excluding carboxylic acids is 1. The van der Waals surface area contributed by atoms with Crippen molar-refractivity contribution >= 4 is 40.3 Å². The predicted octanol–water partition coefficient (Wildman–Crippen LogP) is 2.85. The van der Waals surface area contributed by atoms with Gasteiger partial charge in [-0.05, 0) is 50.8 Å². The topological polar surface area (TPSA) is 32.8 Å². The Kier molecular flexibility index (Phi) is 5.99. The molecule has 2 rings (SSSR count). The summed E-state index contributed by atoms with van der Waals surface area (Å²) in [5.74, 6) is 0.804. The molecule has 1 amide bonds. The van der Waals surface area contributed by atoms with Crippen LogP contribution in [0.25, 0.3) is 6.08 Å².